The van der Waals surface area contributed by atoms with Gasteiger partial charge in [0.1, 0.15) is 0 Å². The SMILES string of the molecule is COC1O[C@H]1[N+](C)(C)C. The summed E-state index contributed by atoms with van der Waals surface area (Å²) in [6, 6.07) is 0. The minimum absolute atomic E-state index is 0.0324. The lowest BCUT2D eigenvalue weighted by Crippen LogP contribution is -2.39. The van der Waals surface area contributed by atoms with E-state index < -0.39 is 0 Å². The van der Waals surface area contributed by atoms with Crippen LogP contribution in [-0.2, 0) is 9.47 Å². The molecule has 0 N–H and O–H groups in total. The quantitative estimate of drug-likeness (QED) is 0.390. The first-order chi connectivity index (χ1) is 4.05. The molecule has 0 aromatic heterocycles. The van der Waals surface area contributed by atoms with E-state index in [4.69, 9.17) is 9.47 Å². The number of ether oxygens (including phenoxy) is 2. The third-order valence-electron chi connectivity index (χ3n) is 1.43. The van der Waals surface area contributed by atoms with Gasteiger partial charge in [0.05, 0.1) is 21.1 Å². The van der Waals surface area contributed by atoms with E-state index in [1.54, 1.807) is 7.11 Å². The standard InChI is InChI=1S/C6H14NO2/c1-7(2,3)5-6(8-4)9-5/h5-6H,1-4H3/q+1/t5-,6?/m1/s1. The summed E-state index contributed by atoms with van der Waals surface area (Å²) in [7, 11) is 7.93. The minimum atomic E-state index is 0.0324. The van der Waals surface area contributed by atoms with Crippen LogP contribution in [0.5, 0.6) is 0 Å². The van der Waals surface area contributed by atoms with E-state index in [0.29, 0.717) is 0 Å². The molecule has 1 rings (SSSR count). The van der Waals surface area contributed by atoms with Crippen LogP contribution in [0.3, 0.4) is 0 Å². The van der Waals surface area contributed by atoms with Gasteiger partial charge in [-0.15, -0.1) is 0 Å². The molecule has 1 fully saturated rings. The van der Waals surface area contributed by atoms with Gasteiger partial charge in [-0.05, 0) is 0 Å². The molecule has 1 aliphatic rings. The average Bonchev–Trinajstić information content (AvgIpc) is 2.39. The molecule has 0 aromatic carbocycles. The van der Waals surface area contributed by atoms with Gasteiger partial charge in [0.15, 0.2) is 0 Å². The maximum atomic E-state index is 5.18. The van der Waals surface area contributed by atoms with Crippen LogP contribution in [0.4, 0.5) is 0 Å². The van der Waals surface area contributed by atoms with E-state index in [0.717, 1.165) is 4.48 Å². The first kappa shape index (κ1) is 6.99. The summed E-state index contributed by atoms with van der Waals surface area (Å²) >= 11 is 0. The molecule has 1 aliphatic heterocycles. The second-order valence-electron chi connectivity index (χ2n) is 3.25. The maximum absolute atomic E-state index is 5.18. The third kappa shape index (κ3) is 1.41. The molecule has 1 heterocycles. The van der Waals surface area contributed by atoms with Crippen LogP contribution >= 0.6 is 0 Å². The molecule has 2 atom stereocenters. The monoisotopic (exact) mass is 132 g/mol. The van der Waals surface area contributed by atoms with Gasteiger partial charge >= 0.3 is 0 Å². The van der Waals surface area contributed by atoms with Crippen LogP contribution in [0, 0.1) is 0 Å². The first-order valence-electron chi connectivity index (χ1n) is 3.05. The van der Waals surface area contributed by atoms with Gasteiger partial charge in [-0.1, -0.05) is 0 Å². The van der Waals surface area contributed by atoms with Crippen molar-refractivity contribution in [2.45, 2.75) is 12.5 Å². The zero-order valence-electron chi connectivity index (χ0n) is 6.42. The molecule has 0 radical (unpaired) electrons. The largest absolute Gasteiger partial charge is 0.348 e. The second kappa shape index (κ2) is 1.94. The van der Waals surface area contributed by atoms with E-state index in [1.807, 2.05) is 0 Å². The molecule has 0 aromatic rings. The number of hydrogen-bond acceptors (Lipinski definition) is 2. The van der Waals surface area contributed by atoms with Crippen molar-refractivity contribution in [3.8, 4) is 0 Å². The van der Waals surface area contributed by atoms with Crippen molar-refractivity contribution in [2.75, 3.05) is 28.3 Å². The number of quaternary nitrogens is 1. The van der Waals surface area contributed by atoms with Gasteiger partial charge < -0.3 is 9.22 Å². The number of likely N-dealkylation sites (N-methyl/N-ethyl adjacent to an activating group) is 1. The Bertz CT molecular complexity index is 108. The molecule has 1 saturated heterocycles. The van der Waals surface area contributed by atoms with Crippen molar-refractivity contribution < 1.29 is 14.0 Å². The van der Waals surface area contributed by atoms with E-state index in [1.165, 1.54) is 0 Å². The highest BCUT2D eigenvalue weighted by atomic mass is 16.8. The molecule has 3 nitrogen and oxygen atoms in total. The Morgan fingerprint density at radius 1 is 1.33 bits per heavy atom. The van der Waals surface area contributed by atoms with Gasteiger partial charge in [0.2, 0.25) is 12.5 Å². The number of hydrogen-bond donors (Lipinski definition) is 0. The van der Waals surface area contributed by atoms with Gasteiger partial charge in [-0.2, -0.15) is 0 Å². The lowest BCUT2D eigenvalue weighted by Gasteiger charge is -2.20. The summed E-state index contributed by atoms with van der Waals surface area (Å²) in [6.45, 7) is 0. The summed E-state index contributed by atoms with van der Waals surface area (Å²) in [5, 5.41) is 0. The molecule has 0 aliphatic carbocycles. The molecule has 0 bridgehead atoms. The highest BCUT2D eigenvalue weighted by Crippen LogP contribution is 2.27. The van der Waals surface area contributed by atoms with Gasteiger partial charge in [-0.25, -0.2) is 0 Å². The lowest BCUT2D eigenvalue weighted by molar-refractivity contribution is -0.892. The zero-order valence-corrected chi connectivity index (χ0v) is 6.42. The van der Waals surface area contributed by atoms with Crippen molar-refractivity contribution >= 4 is 0 Å². The number of nitrogens with zero attached hydrogens (tertiary/aromatic N) is 1. The number of rotatable bonds is 2. The van der Waals surface area contributed by atoms with Gasteiger partial charge in [0.25, 0.3) is 0 Å². The fourth-order valence-corrected chi connectivity index (χ4v) is 0.812. The Morgan fingerprint density at radius 3 is 2.00 bits per heavy atom. The lowest BCUT2D eigenvalue weighted by atomic mass is 10.5. The van der Waals surface area contributed by atoms with Gasteiger partial charge in [0, 0.05) is 7.11 Å². The van der Waals surface area contributed by atoms with Crippen LogP contribution in [0.2, 0.25) is 0 Å². The second-order valence-corrected chi connectivity index (χ2v) is 3.25. The van der Waals surface area contributed by atoms with Crippen LogP contribution in [0.1, 0.15) is 0 Å². The minimum Gasteiger partial charge on any atom is -0.348 e. The summed E-state index contributed by atoms with van der Waals surface area (Å²) in [5.74, 6) is 0. The van der Waals surface area contributed by atoms with Gasteiger partial charge in [-0.3, -0.25) is 4.74 Å². The maximum Gasteiger partial charge on any atom is 0.248 e. The van der Waals surface area contributed by atoms with E-state index in [9.17, 15) is 0 Å². The highest BCUT2D eigenvalue weighted by molar-refractivity contribution is 4.64. The van der Waals surface area contributed by atoms with E-state index in [-0.39, 0.29) is 12.5 Å². The molecular weight excluding hydrogens is 118 g/mol. The smallest absolute Gasteiger partial charge is 0.248 e. The van der Waals surface area contributed by atoms with Crippen LogP contribution in [0.25, 0.3) is 0 Å². The highest BCUT2D eigenvalue weighted by Gasteiger charge is 2.50. The summed E-state index contributed by atoms with van der Waals surface area (Å²) in [6.07, 6.45) is 0.278. The summed E-state index contributed by atoms with van der Waals surface area (Å²) in [5.41, 5.74) is 0. The van der Waals surface area contributed by atoms with Crippen molar-refractivity contribution in [1.82, 2.24) is 0 Å². The molecule has 54 valence electrons. The average molecular weight is 132 g/mol. The predicted octanol–water partition coefficient (Wildman–Crippen LogP) is 0.0214. The van der Waals surface area contributed by atoms with Crippen LogP contribution < -0.4 is 0 Å². The topological polar surface area (TPSA) is 21.8 Å². The van der Waals surface area contributed by atoms with Crippen LogP contribution in [0.15, 0.2) is 0 Å². The Balaban J connectivity index is 2.33. The third-order valence-corrected chi connectivity index (χ3v) is 1.43. The van der Waals surface area contributed by atoms with Crippen molar-refractivity contribution in [3.63, 3.8) is 0 Å². The fourth-order valence-electron chi connectivity index (χ4n) is 0.812. The van der Waals surface area contributed by atoms with Crippen LogP contribution in [-0.4, -0.2) is 45.3 Å². The number of methoxy groups -OCH3 is 1. The summed E-state index contributed by atoms with van der Waals surface area (Å²) < 4.78 is 11.0. The van der Waals surface area contributed by atoms with E-state index >= 15 is 0 Å². The first-order valence-corrected chi connectivity index (χ1v) is 3.05. The Labute approximate surface area is 55.8 Å². The molecule has 0 spiro atoms. The molecular formula is C6H14NO2+. The summed E-state index contributed by atoms with van der Waals surface area (Å²) in [4.78, 5) is 0. The zero-order chi connectivity index (χ0) is 7.07. The molecule has 1 unspecified atom stereocenters. The normalized spacial score (nSPS) is 34.7. The van der Waals surface area contributed by atoms with Crippen molar-refractivity contribution in [3.05, 3.63) is 0 Å². The van der Waals surface area contributed by atoms with E-state index in [2.05, 4.69) is 21.1 Å². The molecule has 3 heteroatoms. The predicted molar refractivity (Wildman–Crippen MR) is 33.7 cm³/mol. The molecule has 9 heavy (non-hydrogen) atoms. The molecule has 0 amide bonds. The van der Waals surface area contributed by atoms with Crippen molar-refractivity contribution in [1.29, 1.82) is 0 Å². The Morgan fingerprint density at radius 2 is 1.89 bits per heavy atom. The van der Waals surface area contributed by atoms with Crippen molar-refractivity contribution in [2.24, 2.45) is 0 Å². The Hall–Kier alpha value is -0.120. The molecule has 0 saturated carbocycles. The number of epoxide rings is 1. The Kier molecular flexibility index (Phi) is 1.50. The fraction of sp³-hybridized carbons (Fsp3) is 1.00.